The fourth-order valence-electron chi connectivity index (χ4n) is 3.08. The smallest absolute Gasteiger partial charge is 0.339 e. The molecule has 170 valence electrons. The first-order chi connectivity index (χ1) is 15.0. The monoisotopic (exact) mass is 498 g/mol. The van der Waals surface area contributed by atoms with E-state index in [0.29, 0.717) is 18.7 Å². The summed E-state index contributed by atoms with van der Waals surface area (Å²) < 4.78 is 32.8. The number of likely N-dealkylation sites (N-methyl/N-ethyl adjacent to an activating group) is 1. The zero-order chi connectivity index (χ0) is 23.6. The molecule has 3 rings (SSSR count). The Bertz CT molecular complexity index is 1260. The number of hydrogen-bond donors (Lipinski definition) is 2. The summed E-state index contributed by atoms with van der Waals surface area (Å²) in [6, 6.07) is 5.07. The molecule has 32 heavy (non-hydrogen) atoms. The van der Waals surface area contributed by atoms with Crippen LogP contribution in [0.3, 0.4) is 0 Å². The Labute approximate surface area is 195 Å². The van der Waals surface area contributed by atoms with Crippen molar-refractivity contribution in [3.8, 4) is 0 Å². The number of aryl methyl sites for hydroxylation is 2. The van der Waals surface area contributed by atoms with Crippen molar-refractivity contribution < 1.29 is 22.8 Å². The molecule has 0 bridgehead atoms. The highest BCUT2D eigenvalue weighted by Crippen LogP contribution is 2.27. The zero-order valence-electron chi connectivity index (χ0n) is 17.4. The molecule has 0 aliphatic rings. The summed E-state index contributed by atoms with van der Waals surface area (Å²) in [6.45, 7) is 4.09. The van der Waals surface area contributed by atoms with Crippen LogP contribution >= 0.6 is 23.2 Å². The van der Waals surface area contributed by atoms with Gasteiger partial charge in [-0.3, -0.25) is 4.72 Å². The average Bonchev–Trinajstić information content (AvgIpc) is 3.05. The van der Waals surface area contributed by atoms with Crippen molar-refractivity contribution in [3.05, 3.63) is 63.1 Å². The van der Waals surface area contributed by atoms with Gasteiger partial charge in [0.25, 0.3) is 10.0 Å². The van der Waals surface area contributed by atoms with E-state index in [9.17, 15) is 18.3 Å². The van der Waals surface area contributed by atoms with E-state index >= 15 is 0 Å². The van der Waals surface area contributed by atoms with Gasteiger partial charge in [-0.25, -0.2) is 18.2 Å². The normalized spacial score (nSPS) is 11.4. The molecule has 0 saturated heterocycles. The molecule has 0 amide bonds. The largest absolute Gasteiger partial charge is 0.478 e. The number of anilines is 2. The van der Waals surface area contributed by atoms with Crippen LogP contribution in [0.2, 0.25) is 10.0 Å². The van der Waals surface area contributed by atoms with Gasteiger partial charge in [0.15, 0.2) is 0 Å². The molecule has 1 aromatic carbocycles. The second-order valence-electron chi connectivity index (χ2n) is 7.06. The third kappa shape index (κ3) is 5.14. The first-order valence-electron chi connectivity index (χ1n) is 9.33. The second-order valence-corrected chi connectivity index (χ2v) is 9.55. The third-order valence-corrected chi connectivity index (χ3v) is 6.91. The number of benzene rings is 1. The van der Waals surface area contributed by atoms with E-state index in [0.717, 1.165) is 11.3 Å². The molecule has 0 spiro atoms. The summed E-state index contributed by atoms with van der Waals surface area (Å²) >= 11 is 11.7. The van der Waals surface area contributed by atoms with Crippen LogP contribution in [0.25, 0.3) is 0 Å². The summed E-state index contributed by atoms with van der Waals surface area (Å²) in [5.74, 6) is -0.344. The van der Waals surface area contributed by atoms with Crippen molar-refractivity contribution in [3.63, 3.8) is 0 Å². The molecule has 0 aliphatic heterocycles. The van der Waals surface area contributed by atoms with Crippen LogP contribution in [0.1, 0.15) is 27.4 Å². The number of sulfonamides is 1. The van der Waals surface area contributed by atoms with Gasteiger partial charge >= 0.3 is 5.97 Å². The summed E-state index contributed by atoms with van der Waals surface area (Å²) in [4.78, 5) is 17.6. The number of hydrogen-bond acceptors (Lipinski definition) is 7. The highest BCUT2D eigenvalue weighted by molar-refractivity contribution is 7.92. The molecule has 0 aliphatic carbocycles. The minimum Gasteiger partial charge on any atom is -0.478 e. The van der Waals surface area contributed by atoms with Gasteiger partial charge < -0.3 is 14.5 Å². The lowest BCUT2D eigenvalue weighted by Gasteiger charge is -2.20. The Balaban J connectivity index is 1.83. The van der Waals surface area contributed by atoms with E-state index in [1.807, 2.05) is 13.8 Å². The Morgan fingerprint density at radius 1 is 1.22 bits per heavy atom. The highest BCUT2D eigenvalue weighted by atomic mass is 35.5. The van der Waals surface area contributed by atoms with E-state index in [1.54, 1.807) is 11.9 Å². The molecular formula is C20H20Cl2N4O5S. The van der Waals surface area contributed by atoms with Crippen molar-refractivity contribution in [1.29, 1.82) is 0 Å². The van der Waals surface area contributed by atoms with Gasteiger partial charge in [0, 0.05) is 19.2 Å². The average molecular weight is 499 g/mol. The number of aromatic nitrogens is 2. The van der Waals surface area contributed by atoms with E-state index in [1.165, 1.54) is 30.5 Å². The minimum atomic E-state index is -4.03. The Kier molecular flexibility index (Phi) is 6.97. The number of nitrogens with zero attached hydrogens (tertiary/aromatic N) is 3. The quantitative estimate of drug-likeness (QED) is 0.473. The topological polar surface area (TPSA) is 126 Å². The summed E-state index contributed by atoms with van der Waals surface area (Å²) in [5, 5.41) is 13.9. The van der Waals surface area contributed by atoms with Crippen molar-refractivity contribution >= 4 is 50.7 Å². The summed E-state index contributed by atoms with van der Waals surface area (Å²) in [6.07, 6.45) is 1.83. The molecule has 2 N–H and O–H groups in total. The number of aromatic carboxylic acids is 1. The van der Waals surface area contributed by atoms with Crippen LogP contribution in [-0.2, 0) is 16.4 Å². The molecule has 3 aromatic rings. The van der Waals surface area contributed by atoms with Crippen LogP contribution in [0.5, 0.6) is 0 Å². The number of carbonyl (C=O) groups is 1. The lowest BCUT2D eigenvalue weighted by atomic mass is 10.1. The van der Waals surface area contributed by atoms with Crippen molar-refractivity contribution in [2.45, 2.75) is 25.2 Å². The number of halogens is 2. The first-order valence-corrected chi connectivity index (χ1v) is 11.6. The molecule has 0 atom stereocenters. The molecule has 0 radical (unpaired) electrons. The second kappa shape index (κ2) is 9.35. The molecule has 0 saturated carbocycles. The van der Waals surface area contributed by atoms with Gasteiger partial charge in [0.05, 0.1) is 32.5 Å². The van der Waals surface area contributed by atoms with Gasteiger partial charge in [-0.2, -0.15) is 0 Å². The molecule has 0 fully saturated rings. The maximum atomic E-state index is 12.6. The Morgan fingerprint density at radius 2 is 1.94 bits per heavy atom. The van der Waals surface area contributed by atoms with Gasteiger partial charge in [-0.05, 0) is 44.5 Å². The highest BCUT2D eigenvalue weighted by Gasteiger charge is 2.21. The predicted octanol–water partition coefficient (Wildman–Crippen LogP) is 4.17. The van der Waals surface area contributed by atoms with Gasteiger partial charge in [-0.1, -0.05) is 28.4 Å². The van der Waals surface area contributed by atoms with Gasteiger partial charge in [0.1, 0.15) is 17.1 Å². The molecule has 9 nitrogen and oxygen atoms in total. The fourth-order valence-corrected chi connectivity index (χ4v) is 4.50. The molecule has 12 heteroatoms. The predicted molar refractivity (Wildman–Crippen MR) is 121 cm³/mol. The zero-order valence-corrected chi connectivity index (χ0v) is 19.7. The molecule has 0 unspecified atom stereocenters. The van der Waals surface area contributed by atoms with Crippen LogP contribution in [0, 0.1) is 13.8 Å². The van der Waals surface area contributed by atoms with Crippen LogP contribution in [0.4, 0.5) is 11.5 Å². The lowest BCUT2D eigenvalue weighted by molar-refractivity contribution is 0.0697. The van der Waals surface area contributed by atoms with E-state index < -0.39 is 16.0 Å². The Hall–Kier alpha value is -2.82. The standard InChI is InChI=1S/C20H20Cl2N4O5S/c1-11-15(12(2)31-24-11)6-7-26(3)19-16(20(27)28)8-13(10-23-19)25-32(29,30)14-4-5-17(21)18(22)9-14/h4-5,8-10,25H,6-7H2,1-3H3,(H,27,28). The number of rotatable bonds is 8. The number of carboxylic acid groups (broad SMARTS) is 1. The number of nitrogens with one attached hydrogen (secondary N) is 1. The van der Waals surface area contributed by atoms with E-state index in [2.05, 4.69) is 14.9 Å². The van der Waals surface area contributed by atoms with Crippen molar-refractivity contribution in [2.75, 3.05) is 23.2 Å². The van der Waals surface area contributed by atoms with E-state index in [4.69, 9.17) is 27.7 Å². The van der Waals surface area contributed by atoms with E-state index in [-0.39, 0.29) is 32.0 Å². The van der Waals surface area contributed by atoms with Crippen molar-refractivity contribution in [2.24, 2.45) is 0 Å². The summed E-state index contributed by atoms with van der Waals surface area (Å²) in [5.41, 5.74) is 1.56. The maximum Gasteiger partial charge on any atom is 0.339 e. The molecule has 2 aromatic heterocycles. The Morgan fingerprint density at radius 3 is 2.53 bits per heavy atom. The van der Waals surface area contributed by atoms with Crippen LogP contribution in [0.15, 0.2) is 39.9 Å². The maximum absolute atomic E-state index is 12.6. The van der Waals surface area contributed by atoms with Gasteiger partial charge in [-0.15, -0.1) is 0 Å². The number of pyridine rings is 1. The summed E-state index contributed by atoms with van der Waals surface area (Å²) in [7, 11) is -2.33. The van der Waals surface area contributed by atoms with Crippen LogP contribution < -0.4 is 9.62 Å². The molecular weight excluding hydrogens is 479 g/mol. The number of carboxylic acids is 1. The van der Waals surface area contributed by atoms with Crippen molar-refractivity contribution in [1.82, 2.24) is 10.1 Å². The van der Waals surface area contributed by atoms with Crippen LogP contribution in [-0.4, -0.2) is 43.2 Å². The SMILES string of the molecule is Cc1noc(C)c1CCN(C)c1ncc(NS(=O)(=O)c2ccc(Cl)c(Cl)c2)cc1C(=O)O. The lowest BCUT2D eigenvalue weighted by Crippen LogP contribution is -2.24. The minimum absolute atomic E-state index is 0.00338. The van der Waals surface area contributed by atoms with Gasteiger partial charge in [0.2, 0.25) is 0 Å². The molecule has 2 heterocycles. The third-order valence-electron chi connectivity index (χ3n) is 4.79. The fraction of sp³-hybridized carbons (Fsp3) is 0.250. The first kappa shape index (κ1) is 23.8.